The Kier molecular flexibility index (Phi) is 3.83. The lowest BCUT2D eigenvalue weighted by molar-refractivity contribution is -0.129. The number of piperazine rings is 1. The van der Waals surface area contributed by atoms with Crippen molar-refractivity contribution in [2.45, 2.75) is 11.8 Å². The average Bonchev–Trinajstić information content (AvgIpc) is 2.39. The van der Waals surface area contributed by atoms with E-state index in [0.717, 1.165) is 37.0 Å². The fraction of sp³-hybridized carbons (Fsp3) is 0.545. The van der Waals surface area contributed by atoms with E-state index in [4.69, 9.17) is 0 Å². The molecular weight excluding hydrogens is 236 g/mol. The summed E-state index contributed by atoms with van der Waals surface area (Å²) in [6.07, 6.45) is 5.68. The Morgan fingerprint density at radius 1 is 1.24 bits per heavy atom. The van der Waals surface area contributed by atoms with Gasteiger partial charge >= 0.3 is 0 Å². The molecule has 17 heavy (non-hydrogen) atoms. The van der Waals surface area contributed by atoms with Crippen LogP contribution < -0.4 is 4.90 Å². The second-order valence-corrected chi connectivity index (χ2v) is 4.80. The van der Waals surface area contributed by atoms with Crippen LogP contribution in [-0.4, -0.2) is 53.2 Å². The van der Waals surface area contributed by atoms with Crippen molar-refractivity contribution in [3.8, 4) is 0 Å². The van der Waals surface area contributed by atoms with Crippen molar-refractivity contribution in [1.29, 1.82) is 0 Å². The van der Waals surface area contributed by atoms with Crippen LogP contribution in [0.25, 0.3) is 0 Å². The van der Waals surface area contributed by atoms with E-state index < -0.39 is 0 Å². The topological polar surface area (TPSA) is 49.3 Å². The van der Waals surface area contributed by atoms with Gasteiger partial charge in [0, 0.05) is 50.4 Å². The molecule has 2 rings (SSSR count). The molecule has 1 aliphatic heterocycles. The summed E-state index contributed by atoms with van der Waals surface area (Å²) < 4.78 is 0. The minimum atomic E-state index is 0.142. The third kappa shape index (κ3) is 2.88. The summed E-state index contributed by atoms with van der Waals surface area (Å²) in [4.78, 5) is 24.9. The number of aromatic nitrogens is 2. The SMILES string of the molecule is CSc1cnc(N2CCN(C(C)=O)CC2)nc1. The van der Waals surface area contributed by atoms with Gasteiger partial charge in [-0.2, -0.15) is 0 Å². The third-order valence-electron chi connectivity index (χ3n) is 2.86. The smallest absolute Gasteiger partial charge is 0.225 e. The van der Waals surface area contributed by atoms with Crippen LogP contribution in [-0.2, 0) is 4.79 Å². The number of nitrogens with zero attached hydrogens (tertiary/aromatic N) is 4. The number of carbonyl (C=O) groups is 1. The predicted molar refractivity (Wildman–Crippen MR) is 68.3 cm³/mol. The van der Waals surface area contributed by atoms with Gasteiger partial charge in [0.2, 0.25) is 11.9 Å². The molecular formula is C11H16N4OS. The zero-order chi connectivity index (χ0) is 12.3. The number of hydrogen-bond acceptors (Lipinski definition) is 5. The molecule has 0 spiro atoms. The van der Waals surface area contributed by atoms with Gasteiger partial charge in [-0.05, 0) is 6.26 Å². The normalized spacial score (nSPS) is 16.1. The molecule has 6 heteroatoms. The first kappa shape index (κ1) is 12.2. The number of hydrogen-bond donors (Lipinski definition) is 0. The van der Waals surface area contributed by atoms with E-state index in [-0.39, 0.29) is 5.91 Å². The average molecular weight is 252 g/mol. The van der Waals surface area contributed by atoms with Gasteiger partial charge in [-0.15, -0.1) is 11.8 Å². The monoisotopic (exact) mass is 252 g/mol. The molecule has 5 nitrogen and oxygen atoms in total. The first-order chi connectivity index (χ1) is 8.20. The summed E-state index contributed by atoms with van der Waals surface area (Å²) in [6.45, 7) is 4.72. The van der Waals surface area contributed by atoms with E-state index in [2.05, 4.69) is 14.9 Å². The van der Waals surface area contributed by atoms with Gasteiger partial charge < -0.3 is 9.80 Å². The Balaban J connectivity index is 1.97. The molecule has 0 saturated carbocycles. The summed E-state index contributed by atoms with van der Waals surface area (Å²) >= 11 is 1.63. The molecule has 1 saturated heterocycles. The Bertz CT molecular complexity index is 387. The number of amides is 1. The lowest BCUT2D eigenvalue weighted by Crippen LogP contribution is -2.48. The summed E-state index contributed by atoms with van der Waals surface area (Å²) in [5.41, 5.74) is 0. The number of anilines is 1. The second kappa shape index (κ2) is 5.35. The minimum absolute atomic E-state index is 0.142. The van der Waals surface area contributed by atoms with E-state index in [1.807, 2.05) is 23.5 Å². The van der Waals surface area contributed by atoms with E-state index in [1.165, 1.54) is 0 Å². The third-order valence-corrected chi connectivity index (χ3v) is 3.54. The summed E-state index contributed by atoms with van der Waals surface area (Å²) in [7, 11) is 0. The molecule has 2 heterocycles. The summed E-state index contributed by atoms with van der Waals surface area (Å²) in [5.74, 6) is 0.898. The molecule has 92 valence electrons. The van der Waals surface area contributed by atoms with Crippen molar-refractivity contribution in [3.05, 3.63) is 12.4 Å². The van der Waals surface area contributed by atoms with E-state index in [0.29, 0.717) is 0 Å². The van der Waals surface area contributed by atoms with E-state index in [9.17, 15) is 4.79 Å². The van der Waals surface area contributed by atoms with Crippen LogP contribution in [0.3, 0.4) is 0 Å². The van der Waals surface area contributed by atoms with Gasteiger partial charge in [-0.1, -0.05) is 0 Å². The molecule has 0 aromatic carbocycles. The second-order valence-electron chi connectivity index (χ2n) is 3.92. The van der Waals surface area contributed by atoms with Crippen molar-refractivity contribution in [1.82, 2.24) is 14.9 Å². The zero-order valence-corrected chi connectivity index (χ0v) is 10.9. The van der Waals surface area contributed by atoms with E-state index >= 15 is 0 Å². The molecule has 1 aromatic heterocycles. The Hall–Kier alpha value is -1.30. The molecule has 0 bridgehead atoms. The van der Waals surface area contributed by atoms with Gasteiger partial charge in [-0.25, -0.2) is 9.97 Å². The summed E-state index contributed by atoms with van der Waals surface area (Å²) in [5, 5.41) is 0. The minimum Gasteiger partial charge on any atom is -0.339 e. The standard InChI is InChI=1S/C11H16N4OS/c1-9(16)14-3-5-15(6-4-14)11-12-7-10(17-2)8-13-11/h7-8H,3-6H2,1-2H3. The Morgan fingerprint density at radius 2 is 1.82 bits per heavy atom. The molecule has 0 unspecified atom stereocenters. The van der Waals surface area contributed by atoms with Crippen LogP contribution in [0.5, 0.6) is 0 Å². The molecule has 1 aliphatic rings. The maximum atomic E-state index is 11.2. The summed E-state index contributed by atoms with van der Waals surface area (Å²) in [6, 6.07) is 0. The van der Waals surface area contributed by atoms with Gasteiger partial charge in [0.25, 0.3) is 0 Å². The maximum Gasteiger partial charge on any atom is 0.225 e. The fourth-order valence-corrected chi connectivity index (χ4v) is 2.12. The fourth-order valence-electron chi connectivity index (χ4n) is 1.80. The van der Waals surface area contributed by atoms with Crippen LogP contribution in [0.1, 0.15) is 6.92 Å². The van der Waals surface area contributed by atoms with Crippen molar-refractivity contribution in [2.75, 3.05) is 37.3 Å². The maximum absolute atomic E-state index is 11.2. The molecule has 1 fully saturated rings. The number of rotatable bonds is 2. The molecule has 0 atom stereocenters. The predicted octanol–water partition coefficient (Wildman–Crippen LogP) is 0.867. The van der Waals surface area contributed by atoms with Crippen LogP contribution in [0, 0.1) is 0 Å². The van der Waals surface area contributed by atoms with Crippen molar-refractivity contribution in [3.63, 3.8) is 0 Å². The number of carbonyl (C=O) groups excluding carboxylic acids is 1. The molecule has 1 amide bonds. The van der Waals surface area contributed by atoms with Crippen LogP contribution in [0.15, 0.2) is 17.3 Å². The van der Waals surface area contributed by atoms with Gasteiger partial charge in [-0.3, -0.25) is 4.79 Å². The van der Waals surface area contributed by atoms with Gasteiger partial charge in [0.15, 0.2) is 0 Å². The molecule has 0 aliphatic carbocycles. The highest BCUT2D eigenvalue weighted by atomic mass is 32.2. The molecule has 1 aromatic rings. The van der Waals surface area contributed by atoms with Crippen LogP contribution >= 0.6 is 11.8 Å². The van der Waals surface area contributed by atoms with Crippen molar-refractivity contribution >= 4 is 23.6 Å². The van der Waals surface area contributed by atoms with Crippen LogP contribution in [0.2, 0.25) is 0 Å². The highest BCUT2D eigenvalue weighted by Crippen LogP contribution is 2.15. The van der Waals surface area contributed by atoms with Gasteiger partial charge in [0.05, 0.1) is 0 Å². The first-order valence-electron chi connectivity index (χ1n) is 5.57. The Morgan fingerprint density at radius 3 is 2.29 bits per heavy atom. The zero-order valence-electron chi connectivity index (χ0n) is 10.1. The number of thioether (sulfide) groups is 1. The quantitative estimate of drug-likeness (QED) is 0.731. The molecule has 0 radical (unpaired) electrons. The highest BCUT2D eigenvalue weighted by Gasteiger charge is 2.19. The van der Waals surface area contributed by atoms with Crippen LogP contribution in [0.4, 0.5) is 5.95 Å². The van der Waals surface area contributed by atoms with Crippen molar-refractivity contribution in [2.24, 2.45) is 0 Å². The highest BCUT2D eigenvalue weighted by molar-refractivity contribution is 7.98. The Labute approximate surface area is 105 Å². The molecule has 0 N–H and O–H groups in total. The van der Waals surface area contributed by atoms with Crippen molar-refractivity contribution < 1.29 is 4.79 Å². The first-order valence-corrected chi connectivity index (χ1v) is 6.79. The van der Waals surface area contributed by atoms with Gasteiger partial charge in [0.1, 0.15) is 0 Å². The van der Waals surface area contributed by atoms with E-state index in [1.54, 1.807) is 18.7 Å². The largest absolute Gasteiger partial charge is 0.339 e. The lowest BCUT2D eigenvalue weighted by atomic mass is 10.3. The lowest BCUT2D eigenvalue weighted by Gasteiger charge is -2.34.